The van der Waals surface area contributed by atoms with E-state index in [4.69, 9.17) is 10.6 Å². The van der Waals surface area contributed by atoms with Crippen LogP contribution in [0.1, 0.15) is 11.1 Å². The van der Waals surface area contributed by atoms with E-state index in [1.54, 1.807) is 6.20 Å². The fourth-order valence-electron chi connectivity index (χ4n) is 1.17. The van der Waals surface area contributed by atoms with E-state index in [0.29, 0.717) is 6.54 Å². The monoisotopic (exact) mass is 162 g/mol. The maximum Gasteiger partial charge on any atom is 0.162 e. The molecule has 1 aliphatic rings. The summed E-state index contributed by atoms with van der Waals surface area (Å²) < 4.78 is 0. The van der Waals surface area contributed by atoms with Crippen LogP contribution in [-0.2, 0) is 6.54 Å². The summed E-state index contributed by atoms with van der Waals surface area (Å²) in [5.74, 6) is 0.842. The Morgan fingerprint density at radius 2 is 2.33 bits per heavy atom. The van der Waals surface area contributed by atoms with Gasteiger partial charge in [-0.2, -0.15) is 0 Å². The molecule has 1 aromatic rings. The van der Waals surface area contributed by atoms with Crippen molar-refractivity contribution in [2.45, 2.75) is 6.54 Å². The average Bonchev–Trinajstić information content (AvgIpc) is 2.17. The third kappa shape index (κ3) is 1.14. The van der Waals surface area contributed by atoms with Gasteiger partial charge in [-0.3, -0.25) is 0 Å². The Labute approximate surface area is 70.8 Å². The number of rotatable bonds is 1. The zero-order valence-corrected chi connectivity index (χ0v) is 6.58. The van der Waals surface area contributed by atoms with Crippen LogP contribution in [-0.4, -0.2) is 0 Å². The van der Waals surface area contributed by atoms with Crippen molar-refractivity contribution in [2.75, 3.05) is 0 Å². The van der Waals surface area contributed by atoms with Gasteiger partial charge in [-0.1, -0.05) is 6.07 Å². The fourth-order valence-corrected chi connectivity index (χ4v) is 1.17. The van der Waals surface area contributed by atoms with Gasteiger partial charge in [0, 0.05) is 18.3 Å². The average molecular weight is 162 g/mol. The summed E-state index contributed by atoms with van der Waals surface area (Å²) in [4.78, 5) is 5.15. The summed E-state index contributed by atoms with van der Waals surface area (Å²) in [6.07, 6.45) is 3.71. The van der Waals surface area contributed by atoms with Crippen molar-refractivity contribution in [1.82, 2.24) is 5.48 Å². The summed E-state index contributed by atoms with van der Waals surface area (Å²) in [7, 11) is 0. The van der Waals surface area contributed by atoms with E-state index in [1.165, 1.54) is 0 Å². The minimum absolute atomic E-state index is 0.564. The molecule has 0 spiro atoms. The molecule has 0 unspecified atom stereocenters. The first kappa shape index (κ1) is 7.18. The van der Waals surface area contributed by atoms with Crippen LogP contribution >= 0.6 is 0 Å². The zero-order valence-electron chi connectivity index (χ0n) is 6.58. The molecule has 2 rings (SSSR count). The van der Waals surface area contributed by atoms with Crippen molar-refractivity contribution in [3.8, 4) is 5.75 Å². The molecule has 3 heteroatoms. The van der Waals surface area contributed by atoms with Crippen molar-refractivity contribution < 1.29 is 4.84 Å². The molecule has 0 aliphatic carbocycles. The Morgan fingerprint density at radius 1 is 1.42 bits per heavy atom. The largest absolute Gasteiger partial charge is 0.382 e. The summed E-state index contributed by atoms with van der Waals surface area (Å²) in [6.45, 7) is 0.564. The Balaban J connectivity index is 2.44. The van der Waals surface area contributed by atoms with Gasteiger partial charge >= 0.3 is 0 Å². The van der Waals surface area contributed by atoms with Crippen molar-refractivity contribution in [1.29, 1.82) is 0 Å². The predicted octanol–water partition coefficient (Wildman–Crippen LogP) is 1.01. The number of hydroxylamine groups is 1. The van der Waals surface area contributed by atoms with Crippen molar-refractivity contribution in [2.24, 2.45) is 5.73 Å². The Bertz CT molecular complexity index is 320. The van der Waals surface area contributed by atoms with Crippen LogP contribution in [0.5, 0.6) is 5.75 Å². The SMILES string of the molecule is NCc1ccc2c(c1)C=CNO2. The molecule has 3 N–H and O–H groups in total. The van der Waals surface area contributed by atoms with Gasteiger partial charge in [-0.05, 0) is 23.8 Å². The molecule has 0 aromatic heterocycles. The maximum atomic E-state index is 5.50. The molecule has 0 saturated carbocycles. The number of hydrogen-bond donors (Lipinski definition) is 2. The summed E-state index contributed by atoms with van der Waals surface area (Å²) in [6, 6.07) is 5.89. The maximum absolute atomic E-state index is 5.50. The molecule has 3 nitrogen and oxygen atoms in total. The Hall–Kier alpha value is -1.48. The molecule has 0 atom stereocenters. The van der Waals surface area contributed by atoms with Crippen molar-refractivity contribution in [3.63, 3.8) is 0 Å². The van der Waals surface area contributed by atoms with E-state index in [-0.39, 0.29) is 0 Å². The highest BCUT2D eigenvalue weighted by Crippen LogP contribution is 2.22. The second kappa shape index (κ2) is 2.87. The number of nitrogens with two attached hydrogens (primary N) is 1. The van der Waals surface area contributed by atoms with Gasteiger partial charge in [0.25, 0.3) is 0 Å². The van der Waals surface area contributed by atoms with Gasteiger partial charge in [-0.15, -0.1) is 0 Å². The van der Waals surface area contributed by atoms with Crippen molar-refractivity contribution >= 4 is 6.08 Å². The lowest BCUT2D eigenvalue weighted by molar-refractivity contribution is 0.239. The summed E-state index contributed by atoms with van der Waals surface area (Å²) in [5.41, 5.74) is 10.4. The highest BCUT2D eigenvalue weighted by molar-refractivity contribution is 5.59. The molecular weight excluding hydrogens is 152 g/mol. The van der Waals surface area contributed by atoms with Crippen LogP contribution in [0.4, 0.5) is 0 Å². The van der Waals surface area contributed by atoms with E-state index >= 15 is 0 Å². The third-order valence-corrected chi connectivity index (χ3v) is 1.81. The van der Waals surface area contributed by atoms with Crippen LogP contribution in [0.25, 0.3) is 6.08 Å². The number of benzene rings is 1. The standard InChI is InChI=1S/C9H10N2O/c10-6-7-1-2-9-8(5-7)3-4-11-12-9/h1-5,11H,6,10H2. The van der Waals surface area contributed by atoms with Gasteiger partial charge < -0.3 is 10.6 Å². The first-order valence-electron chi connectivity index (χ1n) is 3.82. The predicted molar refractivity (Wildman–Crippen MR) is 47.1 cm³/mol. The zero-order chi connectivity index (χ0) is 8.39. The Morgan fingerprint density at radius 3 is 3.17 bits per heavy atom. The minimum atomic E-state index is 0.564. The van der Waals surface area contributed by atoms with Gasteiger partial charge in [-0.25, -0.2) is 5.48 Å². The molecule has 0 saturated heterocycles. The number of nitrogens with one attached hydrogen (secondary N) is 1. The van der Waals surface area contributed by atoms with Crippen LogP contribution in [0.3, 0.4) is 0 Å². The minimum Gasteiger partial charge on any atom is -0.382 e. The van der Waals surface area contributed by atoms with E-state index in [1.807, 2.05) is 24.3 Å². The molecule has 62 valence electrons. The molecule has 1 heterocycles. The normalized spacial score (nSPS) is 13.1. The van der Waals surface area contributed by atoms with Crippen LogP contribution in [0.15, 0.2) is 24.4 Å². The van der Waals surface area contributed by atoms with E-state index < -0.39 is 0 Å². The lowest BCUT2D eigenvalue weighted by atomic mass is 10.1. The first-order valence-corrected chi connectivity index (χ1v) is 3.82. The van der Waals surface area contributed by atoms with Gasteiger partial charge in [0.05, 0.1) is 0 Å². The topological polar surface area (TPSA) is 47.3 Å². The summed E-state index contributed by atoms with van der Waals surface area (Å²) >= 11 is 0. The molecule has 0 bridgehead atoms. The Kier molecular flexibility index (Phi) is 1.72. The second-order valence-corrected chi connectivity index (χ2v) is 2.63. The van der Waals surface area contributed by atoms with Gasteiger partial charge in [0.2, 0.25) is 0 Å². The number of fused-ring (bicyclic) bond motifs is 1. The molecule has 0 radical (unpaired) electrons. The second-order valence-electron chi connectivity index (χ2n) is 2.63. The molecule has 1 aromatic carbocycles. The summed E-state index contributed by atoms with van der Waals surface area (Å²) in [5, 5.41) is 0. The molecule has 0 fully saturated rings. The number of hydrogen-bond acceptors (Lipinski definition) is 3. The fraction of sp³-hybridized carbons (Fsp3) is 0.111. The lowest BCUT2D eigenvalue weighted by Gasteiger charge is -2.12. The van der Waals surface area contributed by atoms with E-state index in [0.717, 1.165) is 16.9 Å². The van der Waals surface area contributed by atoms with E-state index in [9.17, 15) is 0 Å². The van der Waals surface area contributed by atoms with Crippen molar-refractivity contribution in [3.05, 3.63) is 35.5 Å². The lowest BCUT2D eigenvalue weighted by Crippen LogP contribution is -2.14. The van der Waals surface area contributed by atoms with Crippen LogP contribution < -0.4 is 16.1 Å². The highest BCUT2D eigenvalue weighted by Gasteiger charge is 2.04. The van der Waals surface area contributed by atoms with Crippen LogP contribution in [0.2, 0.25) is 0 Å². The van der Waals surface area contributed by atoms with Gasteiger partial charge in [0.15, 0.2) is 5.75 Å². The first-order chi connectivity index (χ1) is 5.90. The highest BCUT2D eigenvalue weighted by atomic mass is 16.6. The molecule has 0 amide bonds. The molecular formula is C9H10N2O. The van der Waals surface area contributed by atoms with E-state index in [2.05, 4.69) is 5.48 Å². The van der Waals surface area contributed by atoms with Crippen LogP contribution in [0, 0.1) is 0 Å². The smallest absolute Gasteiger partial charge is 0.162 e. The van der Waals surface area contributed by atoms with Gasteiger partial charge in [0.1, 0.15) is 0 Å². The molecule has 1 aliphatic heterocycles. The third-order valence-electron chi connectivity index (χ3n) is 1.81. The quantitative estimate of drug-likeness (QED) is 0.648. The molecule has 12 heavy (non-hydrogen) atoms.